The van der Waals surface area contributed by atoms with E-state index < -0.39 is 24.0 Å². The summed E-state index contributed by atoms with van der Waals surface area (Å²) in [5.74, 6) is -2.12. The van der Waals surface area contributed by atoms with Crippen molar-refractivity contribution < 1.29 is 18.4 Å². The summed E-state index contributed by atoms with van der Waals surface area (Å²) >= 11 is 0. The van der Waals surface area contributed by atoms with Crippen LogP contribution in [0.4, 0.5) is 14.5 Å². The van der Waals surface area contributed by atoms with E-state index in [1.165, 1.54) is 13.0 Å². The molecule has 0 saturated carbocycles. The minimum Gasteiger partial charge on any atom is -0.326 e. The van der Waals surface area contributed by atoms with E-state index in [2.05, 4.69) is 5.32 Å². The highest BCUT2D eigenvalue weighted by Crippen LogP contribution is 2.15. The molecule has 21 heavy (non-hydrogen) atoms. The second-order valence-corrected chi connectivity index (χ2v) is 4.56. The molecule has 0 aliphatic heterocycles. The monoisotopic (exact) mass is 289 g/mol. The highest BCUT2D eigenvalue weighted by atomic mass is 19.1. The van der Waals surface area contributed by atoms with Gasteiger partial charge in [-0.05, 0) is 43.3 Å². The molecule has 2 aromatic rings. The number of Topliss-reactive ketones (excluding diaryl/α,β-unsaturated/α-hetero) is 1. The smallest absolute Gasteiger partial charge is 0.229 e. The summed E-state index contributed by atoms with van der Waals surface area (Å²) in [5, 5.41) is 2.53. The fourth-order valence-electron chi connectivity index (χ4n) is 1.86. The number of benzene rings is 2. The van der Waals surface area contributed by atoms with Crippen molar-refractivity contribution in [3.05, 3.63) is 65.2 Å². The molecule has 5 heteroatoms. The molecule has 1 N–H and O–H groups in total. The maximum atomic E-state index is 13.4. The predicted molar refractivity (Wildman–Crippen MR) is 75.1 cm³/mol. The van der Waals surface area contributed by atoms with Gasteiger partial charge in [-0.3, -0.25) is 9.59 Å². The molecular formula is C16H13F2NO2. The van der Waals surface area contributed by atoms with Gasteiger partial charge in [0.1, 0.15) is 11.6 Å². The van der Waals surface area contributed by atoms with Gasteiger partial charge in [0.05, 0.1) is 6.42 Å². The first-order valence-electron chi connectivity index (χ1n) is 6.31. The van der Waals surface area contributed by atoms with E-state index in [-0.39, 0.29) is 11.3 Å². The standard InChI is InChI=1S/C16H13F2NO2/c1-10(20)11-5-7-12(8-6-11)19-16(21)9-13-14(17)3-2-4-15(13)18/h2-8H,9H2,1H3,(H,19,21). The minimum absolute atomic E-state index is 0.0821. The van der Waals surface area contributed by atoms with Gasteiger partial charge in [-0.2, -0.15) is 0 Å². The van der Waals surface area contributed by atoms with E-state index in [4.69, 9.17) is 0 Å². The van der Waals surface area contributed by atoms with Crippen LogP contribution < -0.4 is 5.32 Å². The maximum Gasteiger partial charge on any atom is 0.229 e. The molecule has 0 saturated heterocycles. The number of ketones is 1. The van der Waals surface area contributed by atoms with Crippen LogP contribution in [0.5, 0.6) is 0 Å². The number of carbonyl (C=O) groups excluding carboxylic acids is 2. The first kappa shape index (κ1) is 14.8. The van der Waals surface area contributed by atoms with Crippen molar-refractivity contribution in [3.63, 3.8) is 0 Å². The number of rotatable bonds is 4. The first-order chi connectivity index (χ1) is 9.97. The lowest BCUT2D eigenvalue weighted by Gasteiger charge is -2.07. The second kappa shape index (κ2) is 6.26. The Bertz CT molecular complexity index is 661. The predicted octanol–water partition coefficient (Wildman–Crippen LogP) is 3.35. The number of halogens is 2. The summed E-state index contributed by atoms with van der Waals surface area (Å²) in [6.45, 7) is 1.44. The zero-order valence-corrected chi connectivity index (χ0v) is 11.3. The van der Waals surface area contributed by atoms with E-state index in [1.807, 2.05) is 0 Å². The third-order valence-corrected chi connectivity index (χ3v) is 2.97. The number of anilines is 1. The van der Waals surface area contributed by atoms with Gasteiger partial charge in [0.2, 0.25) is 5.91 Å². The van der Waals surface area contributed by atoms with Crippen LogP contribution in [0.15, 0.2) is 42.5 Å². The van der Waals surface area contributed by atoms with Gasteiger partial charge in [-0.15, -0.1) is 0 Å². The number of hydrogen-bond donors (Lipinski definition) is 1. The molecule has 0 fully saturated rings. The third kappa shape index (κ3) is 3.72. The molecule has 0 unspecified atom stereocenters. The number of nitrogens with one attached hydrogen (secondary N) is 1. The van der Waals surface area contributed by atoms with E-state index >= 15 is 0 Å². The van der Waals surface area contributed by atoms with Crippen LogP contribution in [-0.4, -0.2) is 11.7 Å². The average molecular weight is 289 g/mol. The highest BCUT2D eigenvalue weighted by Gasteiger charge is 2.13. The number of carbonyl (C=O) groups is 2. The van der Waals surface area contributed by atoms with Gasteiger partial charge in [-0.1, -0.05) is 6.07 Å². The Labute approximate surface area is 120 Å². The maximum absolute atomic E-state index is 13.4. The van der Waals surface area contributed by atoms with Crippen LogP contribution in [0.2, 0.25) is 0 Å². The Hall–Kier alpha value is -2.56. The normalized spacial score (nSPS) is 10.2. The number of amides is 1. The Morgan fingerprint density at radius 2 is 1.57 bits per heavy atom. The third-order valence-electron chi connectivity index (χ3n) is 2.97. The molecule has 0 aromatic heterocycles. The quantitative estimate of drug-likeness (QED) is 0.877. The summed E-state index contributed by atoms with van der Waals surface area (Å²) in [4.78, 5) is 22.9. The molecule has 0 spiro atoms. The molecule has 108 valence electrons. The molecule has 2 rings (SSSR count). The SMILES string of the molecule is CC(=O)c1ccc(NC(=O)Cc2c(F)cccc2F)cc1. The topological polar surface area (TPSA) is 46.2 Å². The molecule has 0 aliphatic carbocycles. The molecule has 0 radical (unpaired) electrons. The van der Waals surface area contributed by atoms with Crippen LogP contribution in [-0.2, 0) is 11.2 Å². The lowest BCUT2D eigenvalue weighted by Crippen LogP contribution is -2.16. The van der Waals surface area contributed by atoms with E-state index in [0.29, 0.717) is 11.3 Å². The largest absolute Gasteiger partial charge is 0.326 e. The van der Waals surface area contributed by atoms with E-state index in [1.54, 1.807) is 24.3 Å². The Morgan fingerprint density at radius 1 is 1.00 bits per heavy atom. The molecule has 0 bridgehead atoms. The summed E-state index contributed by atoms with van der Waals surface area (Å²) in [5.41, 5.74) is 0.713. The zero-order chi connectivity index (χ0) is 15.4. The molecule has 1 amide bonds. The van der Waals surface area contributed by atoms with Gasteiger partial charge in [0.25, 0.3) is 0 Å². The van der Waals surface area contributed by atoms with Gasteiger partial charge >= 0.3 is 0 Å². The molecule has 2 aromatic carbocycles. The van der Waals surface area contributed by atoms with Crippen molar-refractivity contribution in [2.75, 3.05) is 5.32 Å². The summed E-state index contributed by atoms with van der Waals surface area (Å²) in [6, 6.07) is 9.72. The average Bonchev–Trinajstić information content (AvgIpc) is 2.43. The Balaban J connectivity index is 2.06. The van der Waals surface area contributed by atoms with Crippen LogP contribution in [0.1, 0.15) is 22.8 Å². The summed E-state index contributed by atoms with van der Waals surface area (Å²) < 4.78 is 26.9. The van der Waals surface area contributed by atoms with Crippen molar-refractivity contribution in [2.24, 2.45) is 0 Å². The minimum atomic E-state index is -0.753. The Morgan fingerprint density at radius 3 is 2.10 bits per heavy atom. The van der Waals surface area contributed by atoms with Gasteiger partial charge < -0.3 is 5.32 Å². The fraction of sp³-hybridized carbons (Fsp3) is 0.125. The lowest BCUT2D eigenvalue weighted by atomic mass is 10.1. The zero-order valence-electron chi connectivity index (χ0n) is 11.3. The molecular weight excluding hydrogens is 276 g/mol. The molecule has 0 atom stereocenters. The second-order valence-electron chi connectivity index (χ2n) is 4.56. The van der Waals surface area contributed by atoms with E-state index in [0.717, 1.165) is 12.1 Å². The van der Waals surface area contributed by atoms with Crippen molar-refractivity contribution in [2.45, 2.75) is 13.3 Å². The van der Waals surface area contributed by atoms with Crippen molar-refractivity contribution in [1.82, 2.24) is 0 Å². The van der Waals surface area contributed by atoms with Gasteiger partial charge in [0.15, 0.2) is 5.78 Å². The van der Waals surface area contributed by atoms with Gasteiger partial charge in [-0.25, -0.2) is 8.78 Å². The molecule has 3 nitrogen and oxygen atoms in total. The molecule has 0 aliphatic rings. The number of hydrogen-bond acceptors (Lipinski definition) is 2. The lowest BCUT2D eigenvalue weighted by molar-refractivity contribution is -0.115. The highest BCUT2D eigenvalue weighted by molar-refractivity contribution is 5.96. The summed E-state index contributed by atoms with van der Waals surface area (Å²) in [7, 11) is 0. The van der Waals surface area contributed by atoms with Crippen LogP contribution >= 0.6 is 0 Å². The fourth-order valence-corrected chi connectivity index (χ4v) is 1.86. The molecule has 0 heterocycles. The van der Waals surface area contributed by atoms with Gasteiger partial charge in [0, 0.05) is 16.8 Å². The van der Waals surface area contributed by atoms with Crippen LogP contribution in [0, 0.1) is 11.6 Å². The first-order valence-corrected chi connectivity index (χ1v) is 6.31. The summed E-state index contributed by atoms with van der Waals surface area (Å²) in [6.07, 6.45) is -0.396. The van der Waals surface area contributed by atoms with Crippen LogP contribution in [0.25, 0.3) is 0 Å². The van der Waals surface area contributed by atoms with Crippen molar-refractivity contribution in [1.29, 1.82) is 0 Å². The van der Waals surface area contributed by atoms with Crippen molar-refractivity contribution in [3.8, 4) is 0 Å². The Kier molecular flexibility index (Phi) is 4.42. The van der Waals surface area contributed by atoms with Crippen molar-refractivity contribution >= 4 is 17.4 Å². The van der Waals surface area contributed by atoms with E-state index in [9.17, 15) is 18.4 Å². The van der Waals surface area contributed by atoms with Crippen LogP contribution in [0.3, 0.4) is 0 Å².